The highest BCUT2D eigenvalue weighted by molar-refractivity contribution is 5.90. The Morgan fingerprint density at radius 1 is 0.947 bits per heavy atom. The van der Waals surface area contributed by atoms with E-state index in [1.165, 1.54) is 37.3 Å². The number of esters is 1. The van der Waals surface area contributed by atoms with Crippen molar-refractivity contribution < 1.29 is 41.3 Å². The lowest BCUT2D eigenvalue weighted by Crippen LogP contribution is -2.20. The molecule has 4 nitrogen and oxygen atoms in total. The highest BCUT2D eigenvalue weighted by Gasteiger charge is 2.25. The van der Waals surface area contributed by atoms with Gasteiger partial charge in [0.25, 0.3) is 0 Å². The van der Waals surface area contributed by atoms with Crippen LogP contribution in [0.3, 0.4) is 0 Å². The largest absolute Gasteiger partial charge is 0.491 e. The summed E-state index contributed by atoms with van der Waals surface area (Å²) in [5.41, 5.74) is -0.184. The molecular formula is C29H25F5O4. The summed E-state index contributed by atoms with van der Waals surface area (Å²) in [5.74, 6) is -6.70. The van der Waals surface area contributed by atoms with E-state index in [4.69, 9.17) is 9.47 Å². The zero-order chi connectivity index (χ0) is 27.6. The molecule has 2 unspecified atom stereocenters. The molecule has 4 rings (SSSR count). The third-order valence-corrected chi connectivity index (χ3v) is 6.39. The fraction of sp³-hybridized carbons (Fsp3) is 0.276. The van der Waals surface area contributed by atoms with E-state index < -0.39 is 47.3 Å². The number of aliphatic hydroxyl groups excluding tert-OH is 1. The van der Waals surface area contributed by atoms with Crippen molar-refractivity contribution in [1.82, 2.24) is 0 Å². The quantitative estimate of drug-likeness (QED) is 0.256. The number of carbonyl (C=O) groups is 1. The van der Waals surface area contributed by atoms with Crippen LogP contribution in [0.2, 0.25) is 0 Å². The zero-order valence-corrected chi connectivity index (χ0v) is 20.7. The normalized spacial score (nSPS) is 16.1. The van der Waals surface area contributed by atoms with Gasteiger partial charge in [0.1, 0.15) is 11.9 Å². The molecule has 0 amide bonds. The molecule has 0 radical (unpaired) electrons. The Kier molecular flexibility index (Phi) is 8.16. The van der Waals surface area contributed by atoms with Gasteiger partial charge in [0.05, 0.1) is 18.3 Å². The monoisotopic (exact) mass is 532 g/mol. The number of benzene rings is 3. The van der Waals surface area contributed by atoms with Crippen molar-refractivity contribution in [2.45, 2.75) is 45.3 Å². The second-order valence-electron chi connectivity index (χ2n) is 8.90. The van der Waals surface area contributed by atoms with Gasteiger partial charge in [0, 0.05) is 28.7 Å². The predicted octanol–water partition coefficient (Wildman–Crippen LogP) is 7.29. The molecule has 0 aromatic heterocycles. The van der Waals surface area contributed by atoms with E-state index in [9.17, 15) is 31.9 Å². The van der Waals surface area contributed by atoms with Crippen LogP contribution < -0.4 is 4.74 Å². The molecule has 2 atom stereocenters. The molecule has 0 heterocycles. The second kappa shape index (κ2) is 11.3. The third kappa shape index (κ3) is 5.43. The molecule has 1 aliphatic carbocycles. The van der Waals surface area contributed by atoms with Gasteiger partial charge in [-0.3, -0.25) is 0 Å². The molecule has 3 aromatic carbocycles. The van der Waals surface area contributed by atoms with Crippen LogP contribution in [0.1, 0.15) is 60.7 Å². The minimum Gasteiger partial charge on any atom is -0.491 e. The van der Waals surface area contributed by atoms with Crippen molar-refractivity contribution in [3.8, 4) is 16.9 Å². The van der Waals surface area contributed by atoms with Gasteiger partial charge in [0.15, 0.2) is 23.2 Å². The van der Waals surface area contributed by atoms with Crippen molar-refractivity contribution >= 4 is 11.5 Å². The first-order valence-electron chi connectivity index (χ1n) is 12.1. The van der Waals surface area contributed by atoms with Gasteiger partial charge < -0.3 is 14.6 Å². The number of halogens is 5. The van der Waals surface area contributed by atoms with E-state index in [2.05, 4.69) is 0 Å². The van der Waals surface area contributed by atoms with Crippen LogP contribution in [-0.2, 0) is 4.74 Å². The first kappa shape index (κ1) is 27.3. The Hall–Kier alpha value is -3.72. The number of ether oxygens (including phenoxy) is 2. The van der Waals surface area contributed by atoms with Gasteiger partial charge in [-0.05, 0) is 56.5 Å². The average Bonchev–Trinajstić information content (AvgIpc) is 2.89. The molecule has 0 saturated carbocycles. The van der Waals surface area contributed by atoms with Crippen LogP contribution >= 0.6 is 0 Å². The zero-order valence-electron chi connectivity index (χ0n) is 20.7. The maximum absolute atomic E-state index is 14.8. The summed E-state index contributed by atoms with van der Waals surface area (Å²) in [7, 11) is 0. The first-order valence-corrected chi connectivity index (χ1v) is 12.1. The van der Waals surface area contributed by atoms with Crippen LogP contribution in [0.25, 0.3) is 16.7 Å². The fourth-order valence-electron chi connectivity index (χ4n) is 4.38. The van der Waals surface area contributed by atoms with Gasteiger partial charge in [-0.1, -0.05) is 24.3 Å². The van der Waals surface area contributed by atoms with Gasteiger partial charge in [-0.25, -0.2) is 22.4 Å². The summed E-state index contributed by atoms with van der Waals surface area (Å²) in [6.45, 7) is 3.09. The molecule has 0 fully saturated rings. The number of carbonyl (C=O) groups excluding carboxylic acids is 1. The lowest BCUT2D eigenvalue weighted by molar-refractivity contribution is 0.0284. The second-order valence-corrected chi connectivity index (χ2v) is 8.90. The van der Waals surface area contributed by atoms with E-state index >= 15 is 0 Å². The summed E-state index contributed by atoms with van der Waals surface area (Å²) in [5, 5.41) is 9.55. The number of allylic oxidation sites excluding steroid dienone is 1. The Bertz CT molecular complexity index is 1400. The number of hydrogen-bond acceptors (Lipinski definition) is 4. The van der Waals surface area contributed by atoms with E-state index in [1.807, 2.05) is 0 Å². The summed E-state index contributed by atoms with van der Waals surface area (Å²) in [4.78, 5) is 12.6. The highest BCUT2D eigenvalue weighted by Crippen LogP contribution is 2.34. The molecule has 1 aliphatic rings. The number of rotatable bonds is 7. The topological polar surface area (TPSA) is 55.8 Å². The van der Waals surface area contributed by atoms with Crippen LogP contribution in [-0.4, -0.2) is 23.8 Å². The SMILES string of the molecule is CCOc1ccc(-c2ccc(C(=O)OC3CC=C(c4ccc(C(C)O)c(F)c4F)CC3)cc2F)c(F)c1F. The van der Waals surface area contributed by atoms with Gasteiger partial charge in [-0.15, -0.1) is 0 Å². The van der Waals surface area contributed by atoms with Crippen molar-refractivity contribution in [2.75, 3.05) is 6.61 Å². The van der Waals surface area contributed by atoms with Gasteiger partial charge in [-0.2, -0.15) is 4.39 Å². The van der Waals surface area contributed by atoms with E-state index in [-0.39, 0.29) is 46.6 Å². The predicted molar refractivity (Wildman–Crippen MR) is 131 cm³/mol. The fourth-order valence-corrected chi connectivity index (χ4v) is 4.38. The van der Waals surface area contributed by atoms with Crippen molar-refractivity contribution in [3.63, 3.8) is 0 Å². The maximum Gasteiger partial charge on any atom is 0.338 e. The minimum absolute atomic E-state index is 0.0762. The summed E-state index contributed by atoms with van der Waals surface area (Å²) in [6, 6.07) is 8.43. The highest BCUT2D eigenvalue weighted by atomic mass is 19.2. The van der Waals surface area contributed by atoms with Crippen molar-refractivity contribution in [3.05, 3.63) is 94.3 Å². The molecule has 1 N–H and O–H groups in total. The third-order valence-electron chi connectivity index (χ3n) is 6.39. The van der Waals surface area contributed by atoms with Crippen LogP contribution in [0.4, 0.5) is 22.0 Å². The molecule has 200 valence electrons. The lowest BCUT2D eigenvalue weighted by Gasteiger charge is -2.23. The summed E-state index contributed by atoms with van der Waals surface area (Å²) in [6.07, 6.45) is 0.789. The molecule has 0 bridgehead atoms. The van der Waals surface area contributed by atoms with Crippen LogP contribution in [0.15, 0.2) is 48.5 Å². The Morgan fingerprint density at radius 2 is 1.63 bits per heavy atom. The Labute approximate surface area is 216 Å². The summed E-state index contributed by atoms with van der Waals surface area (Å²) < 4.78 is 82.8. The average molecular weight is 533 g/mol. The molecule has 3 aromatic rings. The van der Waals surface area contributed by atoms with Crippen LogP contribution in [0.5, 0.6) is 5.75 Å². The minimum atomic E-state index is -1.27. The summed E-state index contributed by atoms with van der Waals surface area (Å²) >= 11 is 0. The lowest BCUT2D eigenvalue weighted by atomic mass is 9.90. The van der Waals surface area contributed by atoms with Gasteiger partial charge >= 0.3 is 5.97 Å². The van der Waals surface area contributed by atoms with E-state index in [0.29, 0.717) is 18.4 Å². The Morgan fingerprint density at radius 3 is 2.26 bits per heavy atom. The molecular weight excluding hydrogens is 507 g/mol. The first-order chi connectivity index (χ1) is 18.1. The maximum atomic E-state index is 14.8. The molecule has 9 heteroatoms. The van der Waals surface area contributed by atoms with Gasteiger partial charge in [0.2, 0.25) is 5.82 Å². The smallest absolute Gasteiger partial charge is 0.338 e. The molecule has 0 spiro atoms. The number of hydrogen-bond donors (Lipinski definition) is 1. The Balaban J connectivity index is 1.45. The van der Waals surface area contributed by atoms with E-state index in [1.54, 1.807) is 13.0 Å². The van der Waals surface area contributed by atoms with Crippen LogP contribution in [0, 0.1) is 29.1 Å². The molecule has 0 saturated heterocycles. The van der Waals surface area contributed by atoms with Crippen molar-refractivity contribution in [2.24, 2.45) is 0 Å². The van der Waals surface area contributed by atoms with Crippen molar-refractivity contribution in [1.29, 1.82) is 0 Å². The van der Waals surface area contributed by atoms with E-state index in [0.717, 1.165) is 12.1 Å². The molecule has 0 aliphatic heterocycles. The standard InChI is InChI=1S/C29H25F5O4/c1-3-37-24-13-12-22(27(33)28(24)34)21-9-6-17(14-23(21)30)29(36)38-18-7-4-16(5-8-18)20-11-10-19(15(2)35)25(31)26(20)32/h4,6,9-15,18,35H,3,5,7-8H2,1-2H3. The number of aliphatic hydroxyl groups is 1. The molecule has 38 heavy (non-hydrogen) atoms.